The number of aromatic nitrogens is 2. The summed E-state index contributed by atoms with van der Waals surface area (Å²) < 4.78 is 11.2. The van der Waals surface area contributed by atoms with E-state index < -0.39 is 0 Å². The highest BCUT2D eigenvalue weighted by Crippen LogP contribution is 2.29. The Morgan fingerprint density at radius 2 is 2.15 bits per heavy atom. The number of likely N-dealkylation sites (tertiary alicyclic amines) is 1. The predicted molar refractivity (Wildman–Crippen MR) is 97.7 cm³/mol. The van der Waals surface area contributed by atoms with Crippen molar-refractivity contribution in [2.24, 2.45) is 5.92 Å². The third-order valence-electron chi connectivity index (χ3n) is 4.85. The number of benzene rings is 1. The van der Waals surface area contributed by atoms with E-state index in [4.69, 9.17) is 9.15 Å². The van der Waals surface area contributed by atoms with Gasteiger partial charge in [-0.25, -0.2) is 0 Å². The first-order valence-electron chi connectivity index (χ1n) is 9.37. The molecule has 1 aliphatic rings. The molecule has 2 aromatic rings. The van der Waals surface area contributed by atoms with Crippen molar-refractivity contribution in [3.05, 3.63) is 47.7 Å². The first kappa shape index (κ1) is 18.6. The van der Waals surface area contributed by atoms with E-state index in [1.807, 2.05) is 42.2 Å². The Kier molecular flexibility index (Phi) is 6.39. The Hall–Kier alpha value is -2.21. The van der Waals surface area contributed by atoms with Crippen LogP contribution in [0.4, 0.5) is 0 Å². The van der Waals surface area contributed by atoms with Crippen LogP contribution in [0.5, 0.6) is 0 Å². The number of carbonyl (C=O) groups excluding carboxylic acids is 1. The Morgan fingerprint density at radius 3 is 2.85 bits per heavy atom. The molecule has 0 N–H and O–H groups in total. The third kappa shape index (κ3) is 4.69. The zero-order valence-electron chi connectivity index (χ0n) is 15.6. The molecular weight excluding hydrogens is 330 g/mol. The van der Waals surface area contributed by atoms with Crippen LogP contribution in [0.2, 0.25) is 0 Å². The minimum atomic E-state index is -0.211. The quantitative estimate of drug-likeness (QED) is 0.761. The van der Waals surface area contributed by atoms with Crippen molar-refractivity contribution in [1.29, 1.82) is 0 Å². The number of aryl methyl sites for hydroxylation is 1. The molecule has 0 bridgehead atoms. The lowest BCUT2D eigenvalue weighted by Gasteiger charge is -2.33. The topological polar surface area (TPSA) is 68.5 Å². The SMILES string of the molecule is CCOCC1CCCN(C(=O)CC(c2ccccc2)c2nnc(C)o2)C1. The summed E-state index contributed by atoms with van der Waals surface area (Å²) in [4.78, 5) is 14.9. The van der Waals surface area contributed by atoms with Crippen LogP contribution >= 0.6 is 0 Å². The Balaban J connectivity index is 1.71. The van der Waals surface area contributed by atoms with E-state index in [9.17, 15) is 4.79 Å². The van der Waals surface area contributed by atoms with Gasteiger partial charge >= 0.3 is 0 Å². The molecule has 0 radical (unpaired) electrons. The molecule has 2 heterocycles. The van der Waals surface area contributed by atoms with E-state index in [0.29, 0.717) is 24.1 Å². The van der Waals surface area contributed by atoms with Crippen molar-refractivity contribution >= 4 is 5.91 Å². The van der Waals surface area contributed by atoms with Gasteiger partial charge in [0.1, 0.15) is 0 Å². The number of hydrogen-bond acceptors (Lipinski definition) is 5. The summed E-state index contributed by atoms with van der Waals surface area (Å²) in [7, 11) is 0. The van der Waals surface area contributed by atoms with Gasteiger partial charge in [0.15, 0.2) is 0 Å². The van der Waals surface area contributed by atoms with E-state index in [1.165, 1.54) is 0 Å². The highest BCUT2D eigenvalue weighted by atomic mass is 16.5. The summed E-state index contributed by atoms with van der Waals surface area (Å²) in [6.45, 7) is 6.79. The maximum atomic E-state index is 13.0. The summed E-state index contributed by atoms with van der Waals surface area (Å²) >= 11 is 0. The van der Waals surface area contributed by atoms with Gasteiger partial charge in [-0.1, -0.05) is 30.3 Å². The molecule has 1 aliphatic heterocycles. The molecule has 6 nitrogen and oxygen atoms in total. The van der Waals surface area contributed by atoms with Crippen LogP contribution in [0.25, 0.3) is 0 Å². The zero-order chi connectivity index (χ0) is 18.4. The summed E-state index contributed by atoms with van der Waals surface area (Å²) in [5.41, 5.74) is 1.02. The maximum Gasteiger partial charge on any atom is 0.224 e. The number of hydrogen-bond donors (Lipinski definition) is 0. The minimum absolute atomic E-state index is 0.135. The van der Waals surface area contributed by atoms with Gasteiger partial charge in [-0.3, -0.25) is 4.79 Å². The lowest BCUT2D eigenvalue weighted by molar-refractivity contribution is -0.133. The monoisotopic (exact) mass is 357 g/mol. The molecule has 1 saturated heterocycles. The van der Waals surface area contributed by atoms with Crippen LogP contribution in [-0.4, -0.2) is 47.3 Å². The number of rotatable bonds is 7. The van der Waals surface area contributed by atoms with Crippen LogP contribution in [0.15, 0.2) is 34.7 Å². The summed E-state index contributed by atoms with van der Waals surface area (Å²) in [6, 6.07) is 9.91. The van der Waals surface area contributed by atoms with Gasteiger partial charge in [0.25, 0.3) is 0 Å². The lowest BCUT2D eigenvalue weighted by Crippen LogP contribution is -2.41. The van der Waals surface area contributed by atoms with Crippen LogP contribution < -0.4 is 0 Å². The van der Waals surface area contributed by atoms with E-state index in [-0.39, 0.29) is 11.8 Å². The van der Waals surface area contributed by atoms with Crippen molar-refractivity contribution in [3.8, 4) is 0 Å². The standard InChI is InChI=1S/C20H27N3O3/c1-3-25-14-16-8-7-11-23(13-16)19(24)12-18(17-9-5-4-6-10-17)20-22-21-15(2)26-20/h4-6,9-10,16,18H,3,7-8,11-14H2,1-2H3. The van der Waals surface area contributed by atoms with Gasteiger partial charge in [-0.05, 0) is 31.2 Å². The predicted octanol–water partition coefficient (Wildman–Crippen LogP) is 3.18. The number of amides is 1. The van der Waals surface area contributed by atoms with Crippen molar-refractivity contribution in [2.45, 2.75) is 39.0 Å². The Morgan fingerprint density at radius 1 is 1.35 bits per heavy atom. The smallest absolute Gasteiger partial charge is 0.224 e. The van der Waals surface area contributed by atoms with Crippen LogP contribution in [0, 0.1) is 12.8 Å². The second kappa shape index (κ2) is 8.94. The fourth-order valence-corrected chi connectivity index (χ4v) is 3.50. The lowest BCUT2D eigenvalue weighted by atomic mass is 9.93. The first-order chi connectivity index (χ1) is 12.7. The van der Waals surface area contributed by atoms with Gasteiger partial charge in [-0.15, -0.1) is 10.2 Å². The zero-order valence-corrected chi connectivity index (χ0v) is 15.6. The molecule has 2 atom stereocenters. The molecule has 26 heavy (non-hydrogen) atoms. The second-order valence-electron chi connectivity index (χ2n) is 6.83. The molecule has 0 aliphatic carbocycles. The average molecular weight is 357 g/mol. The fraction of sp³-hybridized carbons (Fsp3) is 0.550. The Bertz CT molecular complexity index is 701. The third-order valence-corrected chi connectivity index (χ3v) is 4.85. The number of nitrogens with zero attached hydrogens (tertiary/aromatic N) is 3. The molecule has 0 saturated carbocycles. The van der Waals surface area contributed by atoms with Gasteiger partial charge in [0.2, 0.25) is 17.7 Å². The molecule has 140 valence electrons. The normalized spacial score (nSPS) is 18.7. The van der Waals surface area contributed by atoms with E-state index in [0.717, 1.165) is 44.7 Å². The number of carbonyl (C=O) groups is 1. The molecule has 2 unspecified atom stereocenters. The second-order valence-corrected chi connectivity index (χ2v) is 6.83. The molecular formula is C20H27N3O3. The molecule has 1 aromatic carbocycles. The first-order valence-corrected chi connectivity index (χ1v) is 9.37. The highest BCUT2D eigenvalue weighted by Gasteiger charge is 2.29. The largest absolute Gasteiger partial charge is 0.425 e. The van der Waals surface area contributed by atoms with Gasteiger partial charge in [-0.2, -0.15) is 0 Å². The minimum Gasteiger partial charge on any atom is -0.425 e. The Labute approximate surface area is 154 Å². The van der Waals surface area contributed by atoms with E-state index >= 15 is 0 Å². The van der Waals surface area contributed by atoms with Crippen LogP contribution in [0.3, 0.4) is 0 Å². The molecule has 1 fully saturated rings. The number of ether oxygens (including phenoxy) is 1. The van der Waals surface area contributed by atoms with E-state index in [1.54, 1.807) is 6.92 Å². The highest BCUT2D eigenvalue weighted by molar-refractivity contribution is 5.77. The maximum absolute atomic E-state index is 13.0. The van der Waals surface area contributed by atoms with Crippen molar-refractivity contribution in [2.75, 3.05) is 26.3 Å². The summed E-state index contributed by atoms with van der Waals surface area (Å²) in [5, 5.41) is 8.11. The molecule has 3 rings (SSSR count). The molecule has 1 aromatic heterocycles. The van der Waals surface area contributed by atoms with Crippen LogP contribution in [-0.2, 0) is 9.53 Å². The average Bonchev–Trinajstić information content (AvgIpc) is 3.11. The van der Waals surface area contributed by atoms with Crippen molar-refractivity contribution < 1.29 is 13.9 Å². The van der Waals surface area contributed by atoms with Crippen LogP contribution in [0.1, 0.15) is 49.4 Å². The van der Waals surface area contributed by atoms with Crippen molar-refractivity contribution in [3.63, 3.8) is 0 Å². The summed E-state index contributed by atoms with van der Waals surface area (Å²) in [6.07, 6.45) is 2.49. The van der Waals surface area contributed by atoms with Gasteiger partial charge < -0.3 is 14.1 Å². The van der Waals surface area contributed by atoms with Gasteiger partial charge in [0, 0.05) is 33.0 Å². The number of piperidine rings is 1. The van der Waals surface area contributed by atoms with Crippen molar-refractivity contribution in [1.82, 2.24) is 15.1 Å². The summed E-state index contributed by atoms with van der Waals surface area (Å²) in [5.74, 6) is 1.37. The molecule has 1 amide bonds. The molecule has 0 spiro atoms. The fourth-order valence-electron chi connectivity index (χ4n) is 3.50. The van der Waals surface area contributed by atoms with Gasteiger partial charge in [0.05, 0.1) is 12.5 Å². The molecule has 6 heteroatoms. The van der Waals surface area contributed by atoms with E-state index in [2.05, 4.69) is 10.2 Å².